The fraction of sp³-hybridized carbons (Fsp3) is 0.500. The number of amides is 1. The van der Waals surface area contributed by atoms with E-state index in [9.17, 15) is 4.79 Å². The third-order valence-corrected chi connectivity index (χ3v) is 4.47. The average molecular weight is 371 g/mol. The molecule has 0 saturated heterocycles. The topological polar surface area (TPSA) is 99.8 Å². The molecule has 1 amide bonds. The summed E-state index contributed by atoms with van der Waals surface area (Å²) in [6.45, 7) is 7.04. The van der Waals surface area contributed by atoms with E-state index in [0.717, 1.165) is 29.7 Å². The van der Waals surface area contributed by atoms with Gasteiger partial charge in [-0.2, -0.15) is 5.10 Å². The van der Waals surface area contributed by atoms with E-state index in [1.807, 2.05) is 32.4 Å². The van der Waals surface area contributed by atoms with Crippen molar-refractivity contribution in [1.82, 2.24) is 34.8 Å². The molecule has 0 radical (unpaired) electrons. The highest BCUT2D eigenvalue weighted by Crippen LogP contribution is 2.22. The molecule has 0 fully saturated rings. The number of ether oxygens (including phenoxy) is 1. The molecule has 3 heterocycles. The Balaban J connectivity index is 1.84. The molecule has 3 aromatic rings. The summed E-state index contributed by atoms with van der Waals surface area (Å²) >= 11 is 0. The Labute approximate surface area is 157 Å². The van der Waals surface area contributed by atoms with Crippen LogP contribution in [0.1, 0.15) is 47.0 Å². The number of hydrogen-bond donors (Lipinski definition) is 1. The molecule has 3 rings (SSSR count). The number of nitrogens with zero attached hydrogens (tertiary/aromatic N) is 6. The molecule has 1 N–H and O–H groups in total. The minimum absolute atomic E-state index is 0.180. The molecule has 1 atom stereocenters. The second kappa shape index (κ2) is 7.83. The van der Waals surface area contributed by atoms with Crippen molar-refractivity contribution in [1.29, 1.82) is 0 Å². The van der Waals surface area contributed by atoms with Gasteiger partial charge in [0.2, 0.25) is 0 Å². The minimum Gasteiger partial charge on any atom is -0.385 e. The maximum atomic E-state index is 13.0. The standard InChI is InChI=1S/C18H25N7O2/c1-11-9-14(15-12(2)23-24(4)17(15)20-11)18(26)21-13(3)16-22-19-10-25(16)7-6-8-27-5/h9-10,13H,6-8H2,1-5H3,(H,21,26)/t13-/m1/s1. The Morgan fingerprint density at radius 2 is 2.15 bits per heavy atom. The van der Waals surface area contributed by atoms with Gasteiger partial charge in [0, 0.05) is 33.0 Å². The number of aromatic nitrogens is 6. The van der Waals surface area contributed by atoms with Gasteiger partial charge in [0.05, 0.1) is 22.7 Å². The normalized spacial score (nSPS) is 12.5. The monoisotopic (exact) mass is 371 g/mol. The molecule has 0 aliphatic heterocycles. The molecular weight excluding hydrogens is 346 g/mol. The molecule has 27 heavy (non-hydrogen) atoms. The maximum absolute atomic E-state index is 13.0. The predicted octanol–water partition coefficient (Wildman–Crippen LogP) is 1.70. The third-order valence-electron chi connectivity index (χ3n) is 4.47. The van der Waals surface area contributed by atoms with Gasteiger partial charge in [0.15, 0.2) is 11.5 Å². The number of fused-ring (bicyclic) bond motifs is 1. The lowest BCUT2D eigenvalue weighted by molar-refractivity contribution is 0.0939. The van der Waals surface area contributed by atoms with E-state index in [2.05, 4.69) is 25.6 Å². The van der Waals surface area contributed by atoms with Crippen LogP contribution in [-0.4, -0.2) is 49.2 Å². The van der Waals surface area contributed by atoms with E-state index in [-0.39, 0.29) is 11.9 Å². The van der Waals surface area contributed by atoms with Gasteiger partial charge in [0.1, 0.15) is 6.33 Å². The van der Waals surface area contributed by atoms with E-state index in [1.54, 1.807) is 24.2 Å². The second-order valence-corrected chi connectivity index (χ2v) is 6.64. The van der Waals surface area contributed by atoms with Gasteiger partial charge in [-0.1, -0.05) is 0 Å². The number of methoxy groups -OCH3 is 1. The van der Waals surface area contributed by atoms with Gasteiger partial charge in [-0.3, -0.25) is 9.48 Å². The van der Waals surface area contributed by atoms with Crippen molar-refractivity contribution in [2.24, 2.45) is 7.05 Å². The highest BCUT2D eigenvalue weighted by molar-refractivity contribution is 6.06. The van der Waals surface area contributed by atoms with Gasteiger partial charge in [-0.05, 0) is 33.3 Å². The molecule has 9 nitrogen and oxygen atoms in total. The predicted molar refractivity (Wildman–Crippen MR) is 100 cm³/mol. The van der Waals surface area contributed by atoms with Gasteiger partial charge in [0.25, 0.3) is 5.91 Å². The lowest BCUT2D eigenvalue weighted by Gasteiger charge is -2.15. The first-order valence-electron chi connectivity index (χ1n) is 8.90. The number of carbonyl (C=O) groups is 1. The minimum atomic E-state index is -0.289. The SMILES string of the molecule is COCCCn1cnnc1[C@@H](C)NC(=O)c1cc(C)nc2c1c(C)nn2C. The highest BCUT2D eigenvalue weighted by atomic mass is 16.5. The van der Waals surface area contributed by atoms with Crippen molar-refractivity contribution in [3.63, 3.8) is 0 Å². The number of rotatable bonds is 7. The smallest absolute Gasteiger partial charge is 0.252 e. The number of pyridine rings is 1. The fourth-order valence-corrected chi connectivity index (χ4v) is 3.24. The molecule has 0 saturated carbocycles. The molecular formula is C18H25N7O2. The zero-order chi connectivity index (χ0) is 19.6. The lowest BCUT2D eigenvalue weighted by atomic mass is 10.1. The molecule has 0 aliphatic carbocycles. The first-order chi connectivity index (χ1) is 12.9. The molecule has 0 spiro atoms. The second-order valence-electron chi connectivity index (χ2n) is 6.64. The van der Waals surface area contributed by atoms with E-state index in [0.29, 0.717) is 23.6 Å². The van der Waals surface area contributed by atoms with Gasteiger partial charge in [-0.15, -0.1) is 10.2 Å². The Hall–Kier alpha value is -2.81. The van der Waals surface area contributed by atoms with Crippen LogP contribution < -0.4 is 5.32 Å². The number of nitrogens with one attached hydrogen (secondary N) is 1. The quantitative estimate of drug-likeness (QED) is 0.635. The molecule has 0 aromatic carbocycles. The van der Waals surface area contributed by atoms with Crippen LogP contribution in [0.25, 0.3) is 11.0 Å². The largest absolute Gasteiger partial charge is 0.385 e. The summed E-state index contributed by atoms with van der Waals surface area (Å²) in [5.41, 5.74) is 2.82. The van der Waals surface area contributed by atoms with Crippen LogP contribution in [0.15, 0.2) is 12.4 Å². The molecule has 0 aliphatic rings. The molecule has 0 unspecified atom stereocenters. The van der Waals surface area contributed by atoms with E-state index in [4.69, 9.17) is 4.74 Å². The van der Waals surface area contributed by atoms with Gasteiger partial charge >= 0.3 is 0 Å². The summed E-state index contributed by atoms with van der Waals surface area (Å²) in [4.78, 5) is 17.5. The van der Waals surface area contributed by atoms with Crippen molar-refractivity contribution in [3.05, 3.63) is 35.2 Å². The first kappa shape index (κ1) is 19.0. The van der Waals surface area contributed by atoms with E-state index < -0.39 is 0 Å². The number of hydrogen-bond acceptors (Lipinski definition) is 6. The van der Waals surface area contributed by atoms with Crippen LogP contribution in [0.3, 0.4) is 0 Å². The maximum Gasteiger partial charge on any atom is 0.252 e. The zero-order valence-electron chi connectivity index (χ0n) is 16.4. The van der Waals surface area contributed by atoms with Crippen LogP contribution in [-0.2, 0) is 18.3 Å². The fourth-order valence-electron chi connectivity index (χ4n) is 3.24. The average Bonchev–Trinajstić information content (AvgIpc) is 3.19. The van der Waals surface area contributed by atoms with Crippen molar-refractivity contribution < 1.29 is 9.53 Å². The summed E-state index contributed by atoms with van der Waals surface area (Å²) < 4.78 is 8.73. The Bertz CT molecular complexity index is 960. The Morgan fingerprint density at radius 3 is 2.89 bits per heavy atom. The van der Waals surface area contributed by atoms with Crippen LogP contribution in [0.5, 0.6) is 0 Å². The molecule has 144 valence electrons. The van der Waals surface area contributed by atoms with Crippen LogP contribution >= 0.6 is 0 Å². The van der Waals surface area contributed by atoms with Crippen molar-refractivity contribution in [2.45, 2.75) is 39.8 Å². The zero-order valence-corrected chi connectivity index (χ0v) is 16.4. The molecule has 0 bridgehead atoms. The molecule has 9 heteroatoms. The van der Waals surface area contributed by atoms with E-state index in [1.165, 1.54) is 0 Å². The van der Waals surface area contributed by atoms with Crippen LogP contribution in [0.4, 0.5) is 0 Å². The summed E-state index contributed by atoms with van der Waals surface area (Å²) in [5.74, 6) is 0.532. The summed E-state index contributed by atoms with van der Waals surface area (Å²) in [7, 11) is 3.50. The van der Waals surface area contributed by atoms with Crippen LogP contribution in [0, 0.1) is 13.8 Å². The first-order valence-corrected chi connectivity index (χ1v) is 8.90. The van der Waals surface area contributed by atoms with Crippen LogP contribution in [0.2, 0.25) is 0 Å². The van der Waals surface area contributed by atoms with Gasteiger partial charge < -0.3 is 14.6 Å². The summed E-state index contributed by atoms with van der Waals surface area (Å²) in [5, 5.41) is 16.3. The number of carbonyl (C=O) groups excluding carboxylic acids is 1. The Kier molecular flexibility index (Phi) is 5.50. The highest BCUT2D eigenvalue weighted by Gasteiger charge is 2.21. The van der Waals surface area contributed by atoms with Crippen molar-refractivity contribution >= 4 is 16.9 Å². The van der Waals surface area contributed by atoms with E-state index >= 15 is 0 Å². The third kappa shape index (κ3) is 3.82. The molecule has 3 aromatic heterocycles. The summed E-state index contributed by atoms with van der Waals surface area (Å²) in [6, 6.07) is 1.51. The Morgan fingerprint density at radius 1 is 1.37 bits per heavy atom. The van der Waals surface area contributed by atoms with Gasteiger partial charge in [-0.25, -0.2) is 4.98 Å². The van der Waals surface area contributed by atoms with Crippen molar-refractivity contribution in [2.75, 3.05) is 13.7 Å². The summed E-state index contributed by atoms with van der Waals surface area (Å²) in [6.07, 6.45) is 2.52. The lowest BCUT2D eigenvalue weighted by Crippen LogP contribution is -2.29. The number of aryl methyl sites for hydroxylation is 4. The van der Waals surface area contributed by atoms with Crippen molar-refractivity contribution in [3.8, 4) is 0 Å².